The average Bonchev–Trinajstić information content (AvgIpc) is 2.95. The molecule has 0 aromatic carbocycles. The minimum Gasteiger partial charge on any atom is -0.480 e. The number of thioether (sulfide) groups is 1. The van der Waals surface area contributed by atoms with Gasteiger partial charge in [-0.1, -0.05) is 0 Å². The van der Waals surface area contributed by atoms with Gasteiger partial charge in [-0.15, -0.1) is 11.8 Å². The lowest BCUT2D eigenvalue weighted by Gasteiger charge is -2.44. The van der Waals surface area contributed by atoms with Gasteiger partial charge in [-0.05, 0) is 26.2 Å². The van der Waals surface area contributed by atoms with Gasteiger partial charge >= 0.3 is 5.97 Å². The van der Waals surface area contributed by atoms with Gasteiger partial charge in [-0.25, -0.2) is 4.79 Å². The number of aliphatic hydroxyl groups is 1. The predicted molar refractivity (Wildman–Crippen MR) is 72.2 cm³/mol. The van der Waals surface area contributed by atoms with Crippen LogP contribution in [0.1, 0.15) is 26.2 Å². The molecule has 0 radical (unpaired) electrons. The molecule has 3 fully saturated rings. The third-order valence-corrected chi connectivity index (χ3v) is 5.98. The monoisotopic (exact) mass is 301 g/mol. The first-order chi connectivity index (χ1) is 9.50. The molecule has 2 N–H and O–H groups in total. The van der Waals surface area contributed by atoms with E-state index in [0.29, 0.717) is 6.42 Å². The number of aliphatic hydroxyl groups excluding tert-OH is 1. The predicted octanol–water partition coefficient (Wildman–Crippen LogP) is 0.289. The molecule has 1 amide bonds. The van der Waals surface area contributed by atoms with Crippen molar-refractivity contribution >= 4 is 23.6 Å². The highest BCUT2D eigenvalue weighted by Crippen LogP contribution is 2.50. The molecule has 0 spiro atoms. The SMILES string of the molecule is C[C@@H](O)[C@H]1C(=O)N2C(C(=O)O)C(CC3CCCO3)S[C@H]12. The van der Waals surface area contributed by atoms with E-state index in [9.17, 15) is 19.8 Å². The van der Waals surface area contributed by atoms with Crippen molar-refractivity contribution in [1.82, 2.24) is 4.90 Å². The second-order valence-corrected chi connectivity index (χ2v) is 7.09. The maximum atomic E-state index is 12.0. The van der Waals surface area contributed by atoms with Gasteiger partial charge in [0.05, 0.1) is 23.5 Å². The van der Waals surface area contributed by atoms with Gasteiger partial charge in [0.25, 0.3) is 0 Å². The van der Waals surface area contributed by atoms with Gasteiger partial charge < -0.3 is 19.8 Å². The summed E-state index contributed by atoms with van der Waals surface area (Å²) in [7, 11) is 0. The van der Waals surface area contributed by atoms with Gasteiger partial charge in [0.1, 0.15) is 6.04 Å². The molecule has 0 saturated carbocycles. The summed E-state index contributed by atoms with van der Waals surface area (Å²) in [6, 6.07) is -0.781. The lowest BCUT2D eigenvalue weighted by Crippen LogP contribution is -2.64. The zero-order valence-corrected chi connectivity index (χ0v) is 12.1. The van der Waals surface area contributed by atoms with Crippen LogP contribution in [0.2, 0.25) is 0 Å². The summed E-state index contributed by atoms with van der Waals surface area (Å²) < 4.78 is 5.58. The highest BCUT2D eigenvalue weighted by Gasteiger charge is 2.61. The maximum absolute atomic E-state index is 12.0. The normalized spacial score (nSPS) is 41.4. The lowest BCUT2D eigenvalue weighted by atomic mass is 9.90. The second-order valence-electron chi connectivity index (χ2n) is 5.73. The Balaban J connectivity index is 1.74. The number of carboxylic acids is 1. The van der Waals surface area contributed by atoms with Gasteiger partial charge in [0.2, 0.25) is 5.91 Å². The number of hydrogen-bond donors (Lipinski definition) is 2. The van der Waals surface area contributed by atoms with Crippen LogP contribution in [0.25, 0.3) is 0 Å². The molecule has 3 rings (SSSR count). The second kappa shape index (κ2) is 5.20. The van der Waals surface area contributed by atoms with Crippen LogP contribution in [0.5, 0.6) is 0 Å². The minimum absolute atomic E-state index is 0.105. The summed E-state index contributed by atoms with van der Waals surface area (Å²) in [4.78, 5) is 25.0. The molecule has 3 aliphatic heterocycles. The third-order valence-electron chi connectivity index (χ3n) is 4.38. The van der Waals surface area contributed by atoms with Crippen LogP contribution in [0.15, 0.2) is 0 Å². The molecule has 0 bridgehead atoms. The molecule has 6 nitrogen and oxygen atoms in total. The molecular formula is C13H19NO5S. The van der Waals surface area contributed by atoms with E-state index in [1.165, 1.54) is 16.7 Å². The van der Waals surface area contributed by atoms with Gasteiger partial charge in [-0.2, -0.15) is 0 Å². The van der Waals surface area contributed by atoms with Crippen LogP contribution in [0, 0.1) is 5.92 Å². The number of aliphatic carboxylic acids is 1. The summed E-state index contributed by atoms with van der Waals surface area (Å²) in [5, 5.41) is 18.7. The Kier molecular flexibility index (Phi) is 3.68. The largest absolute Gasteiger partial charge is 0.480 e. The maximum Gasteiger partial charge on any atom is 0.327 e. The van der Waals surface area contributed by atoms with Crippen molar-refractivity contribution in [3.63, 3.8) is 0 Å². The fourth-order valence-corrected chi connectivity index (χ4v) is 5.34. The Morgan fingerprint density at radius 1 is 1.60 bits per heavy atom. The van der Waals surface area contributed by atoms with Crippen LogP contribution in [0.4, 0.5) is 0 Å². The molecule has 0 aromatic rings. The van der Waals surface area contributed by atoms with Gasteiger partial charge in [-0.3, -0.25) is 4.79 Å². The first kappa shape index (κ1) is 14.2. The Hall–Kier alpha value is -0.790. The standard InChI is InChI=1S/C13H19NO5S/c1-6(15)9-11(16)14-10(13(17)18)8(20-12(9)14)5-7-3-2-4-19-7/h6-10,12,15H,2-5H2,1H3,(H,17,18)/t6-,7?,8?,9+,10?,12-/m1/s1. The van der Waals surface area contributed by atoms with Crippen molar-refractivity contribution < 1.29 is 24.5 Å². The van der Waals surface area contributed by atoms with E-state index < -0.39 is 24.0 Å². The van der Waals surface area contributed by atoms with Crippen molar-refractivity contribution in [3.8, 4) is 0 Å². The number of fused-ring (bicyclic) bond motifs is 1. The molecule has 3 unspecified atom stereocenters. The van der Waals surface area contributed by atoms with E-state index in [4.69, 9.17) is 4.74 Å². The molecule has 3 heterocycles. The summed E-state index contributed by atoms with van der Waals surface area (Å²) in [6.07, 6.45) is 2.01. The molecule has 3 saturated heterocycles. The van der Waals surface area contributed by atoms with Crippen LogP contribution < -0.4 is 0 Å². The van der Waals surface area contributed by atoms with E-state index in [1.54, 1.807) is 6.92 Å². The highest BCUT2D eigenvalue weighted by molar-refractivity contribution is 8.01. The van der Waals surface area contributed by atoms with Crippen LogP contribution in [0.3, 0.4) is 0 Å². The van der Waals surface area contributed by atoms with Crippen molar-refractivity contribution in [2.45, 2.75) is 55.1 Å². The smallest absolute Gasteiger partial charge is 0.327 e. The summed E-state index contributed by atoms with van der Waals surface area (Å²) in [6.45, 7) is 2.33. The van der Waals surface area contributed by atoms with Crippen molar-refractivity contribution in [3.05, 3.63) is 0 Å². The van der Waals surface area contributed by atoms with Crippen LogP contribution in [-0.2, 0) is 14.3 Å². The molecular weight excluding hydrogens is 282 g/mol. The number of ether oxygens (including phenoxy) is 1. The number of carboxylic acid groups (broad SMARTS) is 1. The van der Waals surface area contributed by atoms with Crippen LogP contribution in [-0.4, -0.2) is 62.5 Å². The van der Waals surface area contributed by atoms with Crippen molar-refractivity contribution in [2.75, 3.05) is 6.61 Å². The van der Waals surface area contributed by atoms with E-state index in [1.807, 2.05) is 0 Å². The Morgan fingerprint density at radius 2 is 2.35 bits per heavy atom. The fourth-order valence-electron chi connectivity index (χ4n) is 3.39. The number of carbonyl (C=O) groups excluding carboxylic acids is 1. The molecule has 6 atom stereocenters. The van der Waals surface area contributed by atoms with E-state index in [-0.39, 0.29) is 22.6 Å². The molecule has 112 valence electrons. The Bertz CT molecular complexity index is 423. The van der Waals surface area contributed by atoms with Gasteiger partial charge in [0, 0.05) is 11.9 Å². The lowest BCUT2D eigenvalue weighted by molar-refractivity contribution is -0.167. The number of nitrogens with zero attached hydrogens (tertiary/aromatic N) is 1. The molecule has 7 heteroatoms. The number of rotatable bonds is 4. The Labute approximate surface area is 121 Å². The highest BCUT2D eigenvalue weighted by atomic mass is 32.2. The van der Waals surface area contributed by atoms with E-state index >= 15 is 0 Å². The number of carbonyl (C=O) groups is 2. The fraction of sp³-hybridized carbons (Fsp3) is 0.846. The van der Waals surface area contributed by atoms with Gasteiger partial charge in [0.15, 0.2) is 0 Å². The van der Waals surface area contributed by atoms with Crippen LogP contribution >= 0.6 is 11.8 Å². The molecule has 3 aliphatic rings. The van der Waals surface area contributed by atoms with Crippen molar-refractivity contribution in [2.24, 2.45) is 5.92 Å². The number of β-lactam (4-membered cyclic amide) rings is 1. The number of amides is 1. The van der Waals surface area contributed by atoms with Crippen molar-refractivity contribution in [1.29, 1.82) is 0 Å². The summed E-state index contributed by atoms with van der Waals surface area (Å²) in [5.74, 6) is -1.66. The number of hydrogen-bond acceptors (Lipinski definition) is 5. The average molecular weight is 301 g/mol. The molecule has 0 aromatic heterocycles. The van der Waals surface area contributed by atoms with E-state index in [2.05, 4.69) is 0 Å². The first-order valence-electron chi connectivity index (χ1n) is 7.01. The quantitative estimate of drug-likeness (QED) is 0.726. The van der Waals surface area contributed by atoms with E-state index in [0.717, 1.165) is 19.4 Å². The first-order valence-corrected chi connectivity index (χ1v) is 7.95. The topological polar surface area (TPSA) is 87.1 Å². The zero-order chi connectivity index (χ0) is 14.4. The minimum atomic E-state index is -0.958. The Morgan fingerprint density at radius 3 is 2.90 bits per heavy atom. The molecule has 20 heavy (non-hydrogen) atoms. The molecule has 0 aliphatic carbocycles. The summed E-state index contributed by atoms with van der Waals surface area (Å²) in [5.41, 5.74) is 0. The zero-order valence-electron chi connectivity index (χ0n) is 11.3. The third kappa shape index (κ3) is 2.12. The summed E-state index contributed by atoms with van der Waals surface area (Å²) >= 11 is 1.51.